The predicted molar refractivity (Wildman–Crippen MR) is 79.5 cm³/mol. The van der Waals surface area contributed by atoms with Gasteiger partial charge in [0.15, 0.2) is 0 Å². The SMILES string of the molecule is CCCNc1cc(N(CCC#N)CCOC)nc(N)n1. The second kappa shape index (κ2) is 8.93. The molecule has 0 saturated heterocycles. The van der Waals surface area contributed by atoms with E-state index in [2.05, 4.69) is 28.3 Å². The first-order valence-electron chi connectivity index (χ1n) is 6.70. The van der Waals surface area contributed by atoms with Gasteiger partial charge in [-0.3, -0.25) is 0 Å². The molecule has 0 radical (unpaired) electrons. The Kier molecular flexibility index (Phi) is 7.14. The summed E-state index contributed by atoms with van der Waals surface area (Å²) in [5.74, 6) is 1.64. The third-order valence-corrected chi connectivity index (χ3v) is 2.67. The number of nitrogens with one attached hydrogen (secondary N) is 1. The third kappa shape index (κ3) is 5.28. The van der Waals surface area contributed by atoms with E-state index >= 15 is 0 Å². The van der Waals surface area contributed by atoms with Crippen molar-refractivity contribution in [2.24, 2.45) is 0 Å². The lowest BCUT2D eigenvalue weighted by atomic mass is 10.3. The molecule has 1 aromatic rings. The van der Waals surface area contributed by atoms with Gasteiger partial charge in [-0.1, -0.05) is 6.92 Å². The Hall–Kier alpha value is -2.07. The van der Waals surface area contributed by atoms with Gasteiger partial charge in [-0.2, -0.15) is 15.2 Å². The van der Waals surface area contributed by atoms with Crippen LogP contribution in [0.25, 0.3) is 0 Å². The number of aromatic nitrogens is 2. The van der Waals surface area contributed by atoms with Gasteiger partial charge in [0.1, 0.15) is 11.6 Å². The van der Waals surface area contributed by atoms with Gasteiger partial charge in [-0.15, -0.1) is 0 Å². The largest absolute Gasteiger partial charge is 0.383 e. The smallest absolute Gasteiger partial charge is 0.223 e. The number of hydrogen-bond donors (Lipinski definition) is 2. The van der Waals surface area contributed by atoms with Crippen molar-refractivity contribution in [2.45, 2.75) is 19.8 Å². The molecule has 0 atom stereocenters. The van der Waals surface area contributed by atoms with E-state index in [-0.39, 0.29) is 5.95 Å². The third-order valence-electron chi connectivity index (χ3n) is 2.67. The summed E-state index contributed by atoms with van der Waals surface area (Å²) in [6.45, 7) is 4.71. The maximum atomic E-state index is 8.74. The zero-order valence-electron chi connectivity index (χ0n) is 12.1. The molecule has 0 aliphatic carbocycles. The minimum atomic E-state index is 0.223. The van der Waals surface area contributed by atoms with Gasteiger partial charge in [0.2, 0.25) is 5.95 Å². The first-order chi connectivity index (χ1) is 9.71. The molecule has 1 heterocycles. The molecule has 0 saturated carbocycles. The molecule has 0 fully saturated rings. The van der Waals surface area contributed by atoms with Gasteiger partial charge in [-0.05, 0) is 6.42 Å². The summed E-state index contributed by atoms with van der Waals surface area (Å²) in [6, 6.07) is 3.98. The van der Waals surface area contributed by atoms with Crippen LogP contribution < -0.4 is 16.0 Å². The van der Waals surface area contributed by atoms with E-state index in [1.807, 2.05) is 11.0 Å². The molecule has 0 aliphatic rings. The molecule has 0 aliphatic heterocycles. The van der Waals surface area contributed by atoms with Crippen molar-refractivity contribution in [3.8, 4) is 6.07 Å². The number of nitrogens with two attached hydrogens (primary N) is 1. The molecule has 110 valence electrons. The number of methoxy groups -OCH3 is 1. The van der Waals surface area contributed by atoms with E-state index in [0.29, 0.717) is 37.8 Å². The Morgan fingerprint density at radius 2 is 2.25 bits per heavy atom. The fraction of sp³-hybridized carbons (Fsp3) is 0.615. The molecule has 7 nitrogen and oxygen atoms in total. The molecule has 0 amide bonds. The lowest BCUT2D eigenvalue weighted by molar-refractivity contribution is 0.205. The molecule has 1 aromatic heterocycles. The van der Waals surface area contributed by atoms with Crippen LogP contribution in [0.4, 0.5) is 17.6 Å². The molecule has 1 rings (SSSR count). The number of nitrogens with zero attached hydrogens (tertiary/aromatic N) is 4. The summed E-state index contributed by atoms with van der Waals surface area (Å²) in [5.41, 5.74) is 5.74. The van der Waals surface area contributed by atoms with Crippen LogP contribution in [-0.2, 0) is 4.74 Å². The highest BCUT2D eigenvalue weighted by Crippen LogP contribution is 2.17. The van der Waals surface area contributed by atoms with Gasteiger partial charge in [0.05, 0.1) is 19.1 Å². The van der Waals surface area contributed by atoms with E-state index in [9.17, 15) is 0 Å². The standard InChI is InChI=1S/C13H22N6O/c1-3-6-16-11-10-12(18-13(15)17-11)19(7-4-5-14)8-9-20-2/h10H,3-4,6-9H2,1-2H3,(H3,15,16,17,18). The molecule has 0 aromatic carbocycles. The van der Waals surface area contributed by atoms with E-state index in [0.717, 1.165) is 13.0 Å². The first-order valence-corrected chi connectivity index (χ1v) is 6.70. The van der Waals surface area contributed by atoms with Crippen LogP contribution in [0, 0.1) is 11.3 Å². The van der Waals surface area contributed by atoms with Crippen LogP contribution in [-0.4, -0.2) is 43.3 Å². The van der Waals surface area contributed by atoms with E-state index in [1.54, 1.807) is 7.11 Å². The molecule has 20 heavy (non-hydrogen) atoms. The Morgan fingerprint density at radius 3 is 2.90 bits per heavy atom. The summed E-state index contributed by atoms with van der Waals surface area (Å²) in [4.78, 5) is 10.4. The van der Waals surface area contributed by atoms with Gasteiger partial charge >= 0.3 is 0 Å². The average Bonchev–Trinajstić information content (AvgIpc) is 2.44. The predicted octanol–water partition coefficient (Wildman–Crippen LogP) is 1.25. The fourth-order valence-electron chi connectivity index (χ4n) is 1.69. The minimum Gasteiger partial charge on any atom is -0.383 e. The zero-order valence-corrected chi connectivity index (χ0v) is 12.1. The van der Waals surface area contributed by atoms with Crippen molar-refractivity contribution < 1.29 is 4.74 Å². The van der Waals surface area contributed by atoms with E-state index < -0.39 is 0 Å². The van der Waals surface area contributed by atoms with Crippen molar-refractivity contribution in [3.63, 3.8) is 0 Å². The van der Waals surface area contributed by atoms with Gasteiger partial charge in [0.25, 0.3) is 0 Å². The van der Waals surface area contributed by atoms with Crippen LogP contribution in [0.5, 0.6) is 0 Å². The van der Waals surface area contributed by atoms with Crippen molar-refractivity contribution in [1.29, 1.82) is 5.26 Å². The van der Waals surface area contributed by atoms with Crippen LogP contribution in [0.3, 0.4) is 0 Å². The molecule has 0 bridgehead atoms. The molecule has 7 heteroatoms. The lowest BCUT2D eigenvalue weighted by Gasteiger charge is -2.23. The van der Waals surface area contributed by atoms with E-state index in [1.165, 1.54) is 0 Å². The Labute approximate surface area is 119 Å². The van der Waals surface area contributed by atoms with Crippen LogP contribution in [0.1, 0.15) is 19.8 Å². The van der Waals surface area contributed by atoms with Crippen molar-refractivity contribution in [1.82, 2.24) is 9.97 Å². The highest BCUT2D eigenvalue weighted by atomic mass is 16.5. The summed E-state index contributed by atoms with van der Waals surface area (Å²) in [5, 5.41) is 11.9. The summed E-state index contributed by atoms with van der Waals surface area (Å²) >= 11 is 0. The second-order valence-electron chi connectivity index (χ2n) is 4.28. The van der Waals surface area contributed by atoms with Crippen LogP contribution in [0.15, 0.2) is 6.07 Å². The molecule has 0 spiro atoms. The van der Waals surface area contributed by atoms with Crippen LogP contribution in [0.2, 0.25) is 0 Å². The first kappa shape index (κ1) is 16.0. The van der Waals surface area contributed by atoms with Gasteiger partial charge in [0, 0.05) is 32.8 Å². The summed E-state index contributed by atoms with van der Waals surface area (Å²) in [6.07, 6.45) is 1.42. The molecule has 0 unspecified atom stereocenters. The summed E-state index contributed by atoms with van der Waals surface area (Å²) in [7, 11) is 1.64. The minimum absolute atomic E-state index is 0.223. The number of nitriles is 1. The monoisotopic (exact) mass is 278 g/mol. The van der Waals surface area contributed by atoms with Crippen LogP contribution >= 0.6 is 0 Å². The Morgan fingerprint density at radius 1 is 1.45 bits per heavy atom. The Bertz CT molecular complexity index is 445. The number of ether oxygens (including phenoxy) is 1. The highest BCUT2D eigenvalue weighted by Gasteiger charge is 2.10. The van der Waals surface area contributed by atoms with E-state index in [4.69, 9.17) is 15.7 Å². The highest BCUT2D eigenvalue weighted by molar-refractivity contribution is 5.52. The quantitative estimate of drug-likeness (QED) is 0.701. The Balaban J connectivity index is 2.87. The van der Waals surface area contributed by atoms with Gasteiger partial charge < -0.3 is 20.7 Å². The molecule has 3 N–H and O–H groups in total. The number of anilines is 3. The maximum Gasteiger partial charge on any atom is 0.223 e. The lowest BCUT2D eigenvalue weighted by Crippen LogP contribution is -2.29. The number of rotatable bonds is 9. The average molecular weight is 278 g/mol. The maximum absolute atomic E-state index is 8.74. The van der Waals surface area contributed by atoms with Gasteiger partial charge in [-0.25, -0.2) is 0 Å². The normalized spacial score (nSPS) is 10.1. The number of nitrogen functional groups attached to an aromatic ring is 1. The topological polar surface area (TPSA) is 100 Å². The fourth-order valence-corrected chi connectivity index (χ4v) is 1.69. The molecular formula is C13H22N6O. The number of hydrogen-bond acceptors (Lipinski definition) is 7. The zero-order chi connectivity index (χ0) is 14.8. The van der Waals surface area contributed by atoms with Crippen molar-refractivity contribution in [2.75, 3.05) is 49.3 Å². The van der Waals surface area contributed by atoms with Crippen molar-refractivity contribution >= 4 is 17.6 Å². The molecular weight excluding hydrogens is 256 g/mol. The summed E-state index contributed by atoms with van der Waals surface area (Å²) < 4.78 is 5.08. The van der Waals surface area contributed by atoms with Crippen molar-refractivity contribution in [3.05, 3.63) is 6.07 Å². The second-order valence-corrected chi connectivity index (χ2v) is 4.28.